The fraction of sp³-hybridized carbons (Fsp3) is 0.333. The van der Waals surface area contributed by atoms with Crippen LogP contribution >= 0.6 is 15.9 Å². The van der Waals surface area contributed by atoms with Crippen molar-refractivity contribution in [2.75, 3.05) is 20.3 Å². The zero-order valence-electron chi connectivity index (χ0n) is 9.93. The van der Waals surface area contributed by atoms with Gasteiger partial charge >= 0.3 is 5.97 Å². The lowest BCUT2D eigenvalue weighted by Crippen LogP contribution is -2.30. The molecule has 1 aromatic carbocycles. The highest BCUT2D eigenvalue weighted by Crippen LogP contribution is 2.12. The summed E-state index contributed by atoms with van der Waals surface area (Å²) in [6.07, 6.45) is 0. The fourth-order valence-corrected chi connectivity index (χ4v) is 1.78. The van der Waals surface area contributed by atoms with E-state index in [0.717, 1.165) is 10.0 Å². The third-order valence-electron chi connectivity index (χ3n) is 2.19. The van der Waals surface area contributed by atoms with Crippen molar-refractivity contribution in [2.24, 2.45) is 0 Å². The number of aliphatic carboxylic acids is 1. The topological polar surface area (TPSA) is 66.8 Å². The van der Waals surface area contributed by atoms with Gasteiger partial charge in [-0.25, -0.2) is 4.79 Å². The molecule has 1 aromatic rings. The summed E-state index contributed by atoms with van der Waals surface area (Å²) in [6, 6.07) is 7.62. The highest BCUT2D eigenvalue weighted by Gasteiger charge is 2.10. The van der Waals surface area contributed by atoms with Gasteiger partial charge in [0.2, 0.25) is 5.91 Å². The summed E-state index contributed by atoms with van der Waals surface area (Å²) in [7, 11) is 1.65. The zero-order valence-corrected chi connectivity index (χ0v) is 11.5. The molecular weight excluding hydrogens is 302 g/mol. The lowest BCUT2D eigenvalue weighted by Gasteiger charge is -2.17. The van der Waals surface area contributed by atoms with Crippen LogP contribution in [0.4, 0.5) is 0 Å². The maximum absolute atomic E-state index is 11.6. The van der Waals surface area contributed by atoms with Gasteiger partial charge in [0.05, 0.1) is 0 Å². The molecule has 0 aliphatic rings. The Labute approximate surface area is 113 Å². The Balaban J connectivity index is 2.42. The molecule has 1 N–H and O–H groups in total. The van der Waals surface area contributed by atoms with Crippen LogP contribution in [0.25, 0.3) is 0 Å². The first kappa shape index (κ1) is 14.7. The number of carbonyl (C=O) groups is 2. The fourth-order valence-electron chi connectivity index (χ4n) is 1.33. The molecule has 0 atom stereocenters. The van der Waals surface area contributed by atoms with Gasteiger partial charge < -0.3 is 14.7 Å². The van der Waals surface area contributed by atoms with E-state index in [9.17, 15) is 9.59 Å². The Hall–Kier alpha value is -1.40. The number of nitrogens with zero attached hydrogens (tertiary/aromatic N) is 1. The lowest BCUT2D eigenvalue weighted by molar-refractivity contribution is -0.145. The van der Waals surface area contributed by atoms with Gasteiger partial charge in [0.25, 0.3) is 0 Å². The predicted octanol–water partition coefficient (Wildman–Crippen LogP) is 1.51. The normalized spacial score (nSPS) is 10.1. The van der Waals surface area contributed by atoms with Gasteiger partial charge in [0.1, 0.15) is 13.2 Å². The highest BCUT2D eigenvalue weighted by atomic mass is 79.9. The summed E-state index contributed by atoms with van der Waals surface area (Å²) in [4.78, 5) is 23.3. The molecule has 0 spiro atoms. The summed E-state index contributed by atoms with van der Waals surface area (Å²) in [5.74, 6) is -1.34. The van der Waals surface area contributed by atoms with Gasteiger partial charge in [-0.05, 0) is 17.7 Å². The maximum atomic E-state index is 11.6. The van der Waals surface area contributed by atoms with Crippen LogP contribution in [-0.2, 0) is 20.9 Å². The van der Waals surface area contributed by atoms with Crippen LogP contribution in [0.2, 0.25) is 0 Å². The highest BCUT2D eigenvalue weighted by molar-refractivity contribution is 9.10. The van der Waals surface area contributed by atoms with E-state index in [0.29, 0.717) is 6.54 Å². The molecule has 0 saturated heterocycles. The van der Waals surface area contributed by atoms with Crippen LogP contribution < -0.4 is 0 Å². The number of hydrogen-bond acceptors (Lipinski definition) is 3. The van der Waals surface area contributed by atoms with Gasteiger partial charge in [0, 0.05) is 18.1 Å². The number of benzene rings is 1. The Kier molecular flexibility index (Phi) is 5.80. The Morgan fingerprint density at radius 3 is 2.72 bits per heavy atom. The minimum absolute atomic E-state index is 0.225. The second kappa shape index (κ2) is 7.13. The third kappa shape index (κ3) is 5.29. The monoisotopic (exact) mass is 315 g/mol. The number of rotatable bonds is 6. The average Bonchev–Trinajstić information content (AvgIpc) is 2.28. The Morgan fingerprint density at radius 1 is 1.39 bits per heavy atom. The van der Waals surface area contributed by atoms with Crippen LogP contribution in [0.15, 0.2) is 28.7 Å². The van der Waals surface area contributed by atoms with Crippen molar-refractivity contribution < 1.29 is 19.4 Å². The zero-order chi connectivity index (χ0) is 13.5. The third-order valence-corrected chi connectivity index (χ3v) is 2.68. The van der Waals surface area contributed by atoms with Crippen molar-refractivity contribution in [1.82, 2.24) is 4.90 Å². The molecule has 98 valence electrons. The van der Waals surface area contributed by atoms with Crippen molar-refractivity contribution in [3.05, 3.63) is 34.3 Å². The molecule has 0 aliphatic heterocycles. The van der Waals surface area contributed by atoms with E-state index in [1.807, 2.05) is 24.3 Å². The molecule has 0 bridgehead atoms. The molecule has 0 radical (unpaired) electrons. The SMILES string of the molecule is CN(Cc1cccc(Br)c1)C(=O)COCC(=O)O. The van der Waals surface area contributed by atoms with Crippen molar-refractivity contribution >= 4 is 27.8 Å². The second-order valence-corrected chi connectivity index (χ2v) is 4.68. The summed E-state index contributed by atoms with van der Waals surface area (Å²) in [6.45, 7) is -0.234. The summed E-state index contributed by atoms with van der Waals surface area (Å²) >= 11 is 3.35. The second-order valence-electron chi connectivity index (χ2n) is 3.77. The minimum Gasteiger partial charge on any atom is -0.480 e. The van der Waals surface area contributed by atoms with Gasteiger partial charge in [0.15, 0.2) is 0 Å². The number of carboxylic acid groups (broad SMARTS) is 1. The van der Waals surface area contributed by atoms with Gasteiger partial charge in [-0.15, -0.1) is 0 Å². The predicted molar refractivity (Wildman–Crippen MR) is 69.1 cm³/mol. The number of hydrogen-bond donors (Lipinski definition) is 1. The number of amides is 1. The van der Waals surface area contributed by atoms with E-state index in [2.05, 4.69) is 15.9 Å². The van der Waals surface area contributed by atoms with E-state index < -0.39 is 12.6 Å². The lowest BCUT2D eigenvalue weighted by atomic mass is 10.2. The van der Waals surface area contributed by atoms with E-state index in [1.54, 1.807) is 7.05 Å². The van der Waals surface area contributed by atoms with E-state index in [4.69, 9.17) is 9.84 Å². The van der Waals surface area contributed by atoms with Gasteiger partial charge in [-0.3, -0.25) is 4.79 Å². The molecule has 0 saturated carbocycles. The molecular formula is C12H14BrNO4. The summed E-state index contributed by atoms with van der Waals surface area (Å²) in [5.41, 5.74) is 0.985. The molecule has 1 amide bonds. The minimum atomic E-state index is -1.09. The number of halogens is 1. The van der Waals surface area contributed by atoms with Crippen molar-refractivity contribution in [3.63, 3.8) is 0 Å². The van der Waals surface area contributed by atoms with Crippen molar-refractivity contribution in [2.45, 2.75) is 6.54 Å². The molecule has 6 heteroatoms. The summed E-state index contributed by atoms with van der Waals surface area (Å²) < 4.78 is 5.69. The van der Waals surface area contributed by atoms with Crippen LogP contribution in [0.3, 0.4) is 0 Å². The van der Waals surface area contributed by atoms with E-state index >= 15 is 0 Å². The molecule has 0 aromatic heterocycles. The standard InChI is InChI=1S/C12H14BrNO4/c1-14(11(15)7-18-8-12(16)17)6-9-3-2-4-10(13)5-9/h2-5H,6-8H2,1H3,(H,16,17). The van der Waals surface area contributed by atoms with E-state index in [1.165, 1.54) is 4.90 Å². The van der Waals surface area contributed by atoms with Crippen LogP contribution in [0, 0.1) is 0 Å². The number of carboxylic acids is 1. The number of ether oxygens (including phenoxy) is 1. The Morgan fingerprint density at radius 2 is 2.11 bits per heavy atom. The van der Waals surface area contributed by atoms with Gasteiger partial charge in [-0.1, -0.05) is 28.1 Å². The van der Waals surface area contributed by atoms with Crippen LogP contribution in [0.1, 0.15) is 5.56 Å². The maximum Gasteiger partial charge on any atom is 0.329 e. The molecule has 0 unspecified atom stereocenters. The number of carbonyl (C=O) groups excluding carboxylic acids is 1. The molecule has 0 heterocycles. The van der Waals surface area contributed by atoms with Crippen molar-refractivity contribution in [3.8, 4) is 0 Å². The molecule has 18 heavy (non-hydrogen) atoms. The smallest absolute Gasteiger partial charge is 0.329 e. The molecule has 5 nitrogen and oxygen atoms in total. The number of likely N-dealkylation sites (N-methyl/N-ethyl adjacent to an activating group) is 1. The molecule has 1 rings (SSSR count). The quantitative estimate of drug-likeness (QED) is 0.864. The molecule has 0 aliphatic carbocycles. The van der Waals surface area contributed by atoms with Crippen molar-refractivity contribution in [1.29, 1.82) is 0 Å². The first-order chi connectivity index (χ1) is 8.49. The first-order valence-electron chi connectivity index (χ1n) is 5.27. The largest absolute Gasteiger partial charge is 0.480 e. The first-order valence-corrected chi connectivity index (χ1v) is 6.06. The van der Waals surface area contributed by atoms with Gasteiger partial charge in [-0.2, -0.15) is 0 Å². The average molecular weight is 316 g/mol. The summed E-state index contributed by atoms with van der Waals surface area (Å²) in [5, 5.41) is 8.38. The van der Waals surface area contributed by atoms with E-state index in [-0.39, 0.29) is 12.5 Å². The van der Waals surface area contributed by atoms with Crippen LogP contribution in [0.5, 0.6) is 0 Å². The Bertz CT molecular complexity index is 436. The molecule has 0 fully saturated rings. The van der Waals surface area contributed by atoms with Crippen LogP contribution in [-0.4, -0.2) is 42.1 Å².